The first kappa shape index (κ1) is 26.2. The second-order valence-corrected chi connectivity index (χ2v) is 9.36. The molecule has 1 aliphatic heterocycles. The van der Waals surface area contributed by atoms with Crippen molar-refractivity contribution < 1.29 is 19.4 Å². The normalized spacial score (nSPS) is 15.7. The first-order valence-corrected chi connectivity index (χ1v) is 12.1. The van der Waals surface area contributed by atoms with E-state index in [1.807, 2.05) is 12.1 Å². The van der Waals surface area contributed by atoms with Crippen molar-refractivity contribution in [3.8, 4) is 5.75 Å². The van der Waals surface area contributed by atoms with E-state index in [0.29, 0.717) is 42.1 Å². The number of hydrogen-bond acceptors (Lipinski definition) is 7. The highest BCUT2D eigenvalue weighted by atomic mass is 35.5. The Morgan fingerprint density at radius 2 is 1.91 bits per heavy atom. The maximum Gasteiger partial charge on any atom is 0.262 e. The Kier molecular flexibility index (Phi) is 10.4. The minimum absolute atomic E-state index is 0.0975. The number of aliphatic hydroxyl groups is 1. The maximum absolute atomic E-state index is 12.2. The Labute approximate surface area is 206 Å². The summed E-state index contributed by atoms with van der Waals surface area (Å²) in [4.78, 5) is 21.2. The van der Waals surface area contributed by atoms with Crippen molar-refractivity contribution in [1.29, 1.82) is 0 Å². The van der Waals surface area contributed by atoms with Crippen LogP contribution in [0.4, 0.5) is 11.5 Å². The van der Waals surface area contributed by atoms with Crippen LogP contribution < -0.4 is 15.0 Å². The predicted molar refractivity (Wildman–Crippen MR) is 135 cm³/mol. The molecule has 186 valence electrons. The van der Waals surface area contributed by atoms with Crippen molar-refractivity contribution in [2.45, 2.75) is 26.4 Å². The van der Waals surface area contributed by atoms with E-state index < -0.39 is 6.10 Å². The zero-order valence-corrected chi connectivity index (χ0v) is 20.7. The number of benzene rings is 1. The van der Waals surface area contributed by atoms with E-state index in [0.717, 1.165) is 38.4 Å². The standard InChI is InChI=1S/C25H35ClN4O4/c1-19(2)16-33-17-22(31)15-29-10-3-11-30(13-12-29)24-9-6-21(14-27-24)28-25(32)18-34-23-7-4-20(26)5-8-23/h4-9,14,19,22,31H,3,10-13,15-18H2,1-2H3,(H,28,32). The van der Waals surface area contributed by atoms with Crippen LogP contribution in [-0.4, -0.2) is 79.5 Å². The first-order valence-electron chi connectivity index (χ1n) is 11.8. The monoisotopic (exact) mass is 490 g/mol. The van der Waals surface area contributed by atoms with Crippen LogP contribution in [0.1, 0.15) is 20.3 Å². The Balaban J connectivity index is 1.41. The number of nitrogens with one attached hydrogen (secondary N) is 1. The Morgan fingerprint density at radius 3 is 2.62 bits per heavy atom. The van der Waals surface area contributed by atoms with Crippen molar-refractivity contribution in [3.05, 3.63) is 47.6 Å². The third-order valence-corrected chi connectivity index (χ3v) is 5.61. The zero-order chi connectivity index (χ0) is 24.3. The fourth-order valence-electron chi connectivity index (χ4n) is 3.70. The van der Waals surface area contributed by atoms with Crippen LogP contribution in [0.3, 0.4) is 0 Å². The summed E-state index contributed by atoms with van der Waals surface area (Å²) in [6.45, 7) is 9.26. The fraction of sp³-hybridized carbons (Fsp3) is 0.520. The molecule has 1 atom stereocenters. The lowest BCUT2D eigenvalue weighted by molar-refractivity contribution is -0.118. The number of anilines is 2. The van der Waals surface area contributed by atoms with Gasteiger partial charge in [-0.1, -0.05) is 25.4 Å². The van der Waals surface area contributed by atoms with Gasteiger partial charge in [0.2, 0.25) is 0 Å². The average Bonchev–Trinajstić information content (AvgIpc) is 3.04. The van der Waals surface area contributed by atoms with Crippen LogP contribution in [0.15, 0.2) is 42.6 Å². The van der Waals surface area contributed by atoms with Crippen molar-refractivity contribution in [2.75, 3.05) is 62.8 Å². The summed E-state index contributed by atoms with van der Waals surface area (Å²) in [6, 6.07) is 10.6. The van der Waals surface area contributed by atoms with Gasteiger partial charge < -0.3 is 24.8 Å². The molecule has 2 heterocycles. The second-order valence-electron chi connectivity index (χ2n) is 8.92. The number of aromatic nitrogens is 1. The topological polar surface area (TPSA) is 87.2 Å². The molecule has 1 aromatic carbocycles. The number of β-amino-alcohol motifs (C(OH)–C–C–N with tert-alkyl or cyclic N) is 1. The van der Waals surface area contributed by atoms with Gasteiger partial charge in [0.25, 0.3) is 5.91 Å². The fourth-order valence-corrected chi connectivity index (χ4v) is 3.82. The molecule has 8 nitrogen and oxygen atoms in total. The molecular formula is C25H35ClN4O4. The van der Waals surface area contributed by atoms with E-state index in [1.54, 1.807) is 30.5 Å². The number of hydrogen-bond donors (Lipinski definition) is 2. The summed E-state index contributed by atoms with van der Waals surface area (Å²) < 4.78 is 11.0. The first-order chi connectivity index (χ1) is 16.4. The largest absolute Gasteiger partial charge is 0.484 e. The molecule has 1 unspecified atom stereocenters. The van der Waals surface area contributed by atoms with E-state index in [2.05, 4.69) is 33.9 Å². The van der Waals surface area contributed by atoms with E-state index in [-0.39, 0.29) is 12.5 Å². The smallest absolute Gasteiger partial charge is 0.262 e. The lowest BCUT2D eigenvalue weighted by Crippen LogP contribution is -2.38. The van der Waals surface area contributed by atoms with Crippen LogP contribution >= 0.6 is 11.6 Å². The van der Waals surface area contributed by atoms with Gasteiger partial charge in [-0.15, -0.1) is 0 Å². The van der Waals surface area contributed by atoms with Crippen LogP contribution in [-0.2, 0) is 9.53 Å². The summed E-state index contributed by atoms with van der Waals surface area (Å²) in [7, 11) is 0. The van der Waals surface area contributed by atoms with Crippen molar-refractivity contribution in [1.82, 2.24) is 9.88 Å². The number of pyridine rings is 1. The lowest BCUT2D eigenvalue weighted by atomic mass is 10.2. The van der Waals surface area contributed by atoms with Gasteiger partial charge in [0.05, 0.1) is 24.6 Å². The van der Waals surface area contributed by atoms with Gasteiger partial charge in [0, 0.05) is 37.8 Å². The van der Waals surface area contributed by atoms with Crippen molar-refractivity contribution in [3.63, 3.8) is 0 Å². The number of aliphatic hydroxyl groups excluding tert-OH is 1. The number of nitrogens with zero attached hydrogens (tertiary/aromatic N) is 3. The Bertz CT molecular complexity index is 879. The van der Waals surface area contributed by atoms with Crippen LogP contribution in [0.25, 0.3) is 0 Å². The molecule has 1 saturated heterocycles. The van der Waals surface area contributed by atoms with Gasteiger partial charge in [-0.2, -0.15) is 0 Å². The molecule has 1 aliphatic rings. The molecule has 0 bridgehead atoms. The molecule has 2 N–H and O–H groups in total. The molecule has 0 aliphatic carbocycles. The van der Waals surface area contributed by atoms with Crippen molar-refractivity contribution in [2.24, 2.45) is 5.92 Å². The molecule has 0 radical (unpaired) electrons. The third kappa shape index (κ3) is 9.10. The summed E-state index contributed by atoms with van der Waals surface area (Å²) in [5, 5.41) is 13.7. The van der Waals surface area contributed by atoms with E-state index in [1.165, 1.54) is 0 Å². The van der Waals surface area contributed by atoms with Gasteiger partial charge in [0.1, 0.15) is 11.6 Å². The minimum Gasteiger partial charge on any atom is -0.484 e. The highest BCUT2D eigenvalue weighted by Gasteiger charge is 2.18. The van der Waals surface area contributed by atoms with Gasteiger partial charge in [-0.3, -0.25) is 9.69 Å². The Hall–Kier alpha value is -2.39. The zero-order valence-electron chi connectivity index (χ0n) is 20.0. The molecular weight excluding hydrogens is 456 g/mol. The summed E-state index contributed by atoms with van der Waals surface area (Å²) in [5.74, 6) is 1.66. The maximum atomic E-state index is 12.2. The molecule has 9 heteroatoms. The van der Waals surface area contributed by atoms with E-state index in [4.69, 9.17) is 21.1 Å². The number of ether oxygens (including phenoxy) is 2. The number of carbonyl (C=O) groups is 1. The minimum atomic E-state index is -0.477. The van der Waals surface area contributed by atoms with E-state index in [9.17, 15) is 9.90 Å². The van der Waals surface area contributed by atoms with Gasteiger partial charge in [-0.25, -0.2) is 4.98 Å². The highest BCUT2D eigenvalue weighted by Crippen LogP contribution is 2.18. The number of rotatable bonds is 11. The average molecular weight is 491 g/mol. The summed E-state index contributed by atoms with van der Waals surface area (Å²) in [6.07, 6.45) is 2.17. The molecule has 1 fully saturated rings. The number of halogens is 1. The van der Waals surface area contributed by atoms with Gasteiger partial charge in [-0.05, 0) is 55.3 Å². The quantitative estimate of drug-likeness (QED) is 0.499. The molecule has 0 spiro atoms. The molecule has 3 rings (SSSR count). The molecule has 0 saturated carbocycles. The third-order valence-electron chi connectivity index (χ3n) is 5.36. The SMILES string of the molecule is CC(C)COCC(O)CN1CCCN(c2ccc(NC(=O)COc3ccc(Cl)cc3)cn2)CC1. The number of amides is 1. The molecule has 34 heavy (non-hydrogen) atoms. The second kappa shape index (κ2) is 13.5. The molecule has 2 aromatic rings. The predicted octanol–water partition coefficient (Wildman–Crippen LogP) is 3.30. The van der Waals surface area contributed by atoms with Crippen LogP contribution in [0, 0.1) is 5.92 Å². The van der Waals surface area contributed by atoms with Gasteiger partial charge >= 0.3 is 0 Å². The molecule has 1 amide bonds. The lowest BCUT2D eigenvalue weighted by Gasteiger charge is -2.24. The summed E-state index contributed by atoms with van der Waals surface area (Å²) in [5.41, 5.74) is 0.620. The van der Waals surface area contributed by atoms with Crippen LogP contribution in [0.2, 0.25) is 5.02 Å². The van der Waals surface area contributed by atoms with Gasteiger partial charge in [0.15, 0.2) is 6.61 Å². The van der Waals surface area contributed by atoms with Crippen LogP contribution in [0.5, 0.6) is 5.75 Å². The van der Waals surface area contributed by atoms with Crippen molar-refractivity contribution >= 4 is 29.0 Å². The number of carbonyl (C=O) groups excluding carboxylic acids is 1. The molecule has 1 aromatic heterocycles. The summed E-state index contributed by atoms with van der Waals surface area (Å²) >= 11 is 5.85. The Morgan fingerprint density at radius 1 is 1.12 bits per heavy atom. The highest BCUT2D eigenvalue weighted by molar-refractivity contribution is 6.30. The van der Waals surface area contributed by atoms with E-state index >= 15 is 0 Å².